The first-order valence-corrected chi connectivity index (χ1v) is 4.52. The summed E-state index contributed by atoms with van der Waals surface area (Å²) < 4.78 is 0. The molecule has 2 rings (SSSR count). The molecule has 1 amide bonds. The van der Waals surface area contributed by atoms with Crippen molar-refractivity contribution in [2.45, 2.75) is 12.5 Å². The van der Waals surface area contributed by atoms with E-state index in [0.717, 1.165) is 16.8 Å². The zero-order chi connectivity index (χ0) is 10.1. The van der Waals surface area contributed by atoms with E-state index < -0.39 is 6.04 Å². The molecule has 1 aromatic rings. The second-order valence-electron chi connectivity index (χ2n) is 3.42. The Morgan fingerprint density at radius 2 is 2.36 bits per heavy atom. The van der Waals surface area contributed by atoms with Crippen LogP contribution in [0.2, 0.25) is 0 Å². The number of carbonyl (C=O) groups is 1. The molecule has 0 fully saturated rings. The summed E-state index contributed by atoms with van der Waals surface area (Å²) in [7, 11) is 0. The normalized spacial score (nSPS) is 19.8. The zero-order valence-corrected chi connectivity index (χ0v) is 7.79. The van der Waals surface area contributed by atoms with Crippen LogP contribution in [-0.2, 0) is 11.2 Å². The van der Waals surface area contributed by atoms with E-state index in [0.29, 0.717) is 6.42 Å². The van der Waals surface area contributed by atoms with Crippen LogP contribution in [0.5, 0.6) is 0 Å². The third-order valence-electron chi connectivity index (χ3n) is 2.40. The van der Waals surface area contributed by atoms with E-state index in [1.807, 2.05) is 18.2 Å². The maximum Gasteiger partial charge on any atom is 0.241 e. The first-order chi connectivity index (χ1) is 6.70. The summed E-state index contributed by atoms with van der Waals surface area (Å²) in [5.74, 6) is -0.112. The van der Waals surface area contributed by atoms with Gasteiger partial charge in [0.1, 0.15) is 0 Å². The first kappa shape index (κ1) is 8.97. The minimum Gasteiger partial charge on any atom is -0.324 e. The largest absolute Gasteiger partial charge is 0.324 e. The predicted molar refractivity (Wildman–Crippen MR) is 56.8 cm³/mol. The molecule has 0 aromatic heterocycles. The number of rotatable bonds is 1. The van der Waals surface area contributed by atoms with E-state index in [2.05, 4.69) is 11.9 Å². The highest BCUT2D eigenvalue weighted by Crippen LogP contribution is 2.23. The van der Waals surface area contributed by atoms with Crippen molar-refractivity contribution in [1.29, 1.82) is 0 Å². The minimum absolute atomic E-state index is 0.112. The zero-order valence-electron chi connectivity index (χ0n) is 7.79. The lowest BCUT2D eigenvalue weighted by atomic mass is 9.98. The topological polar surface area (TPSA) is 55.1 Å². The Morgan fingerprint density at radius 1 is 1.57 bits per heavy atom. The average molecular weight is 188 g/mol. The molecule has 3 nitrogen and oxygen atoms in total. The smallest absolute Gasteiger partial charge is 0.241 e. The molecule has 1 aliphatic rings. The van der Waals surface area contributed by atoms with Gasteiger partial charge >= 0.3 is 0 Å². The molecule has 1 heterocycles. The van der Waals surface area contributed by atoms with Crippen molar-refractivity contribution >= 4 is 17.7 Å². The van der Waals surface area contributed by atoms with Crippen LogP contribution in [0, 0.1) is 0 Å². The number of amides is 1. The lowest BCUT2D eigenvalue weighted by Crippen LogP contribution is -2.41. The lowest BCUT2D eigenvalue weighted by Gasteiger charge is -2.21. The van der Waals surface area contributed by atoms with E-state index in [9.17, 15) is 4.79 Å². The molecule has 0 radical (unpaired) electrons. The molecule has 1 atom stereocenters. The molecule has 3 N–H and O–H groups in total. The standard InChI is InChI=1S/C11H12N2O/c1-2-7-3-4-8-6-9(12)11(14)13-10(8)5-7/h2-5,9H,1,6,12H2,(H,13,14). The van der Waals surface area contributed by atoms with E-state index in [1.165, 1.54) is 0 Å². The molecule has 0 spiro atoms. The molecular formula is C11H12N2O. The van der Waals surface area contributed by atoms with Crippen molar-refractivity contribution < 1.29 is 4.79 Å². The van der Waals surface area contributed by atoms with Gasteiger partial charge in [-0.15, -0.1) is 0 Å². The summed E-state index contributed by atoms with van der Waals surface area (Å²) in [6, 6.07) is 5.44. The summed E-state index contributed by atoms with van der Waals surface area (Å²) >= 11 is 0. The number of anilines is 1. The summed E-state index contributed by atoms with van der Waals surface area (Å²) in [6.07, 6.45) is 2.36. The Balaban J connectivity index is 2.42. The number of fused-ring (bicyclic) bond motifs is 1. The number of hydrogen-bond donors (Lipinski definition) is 2. The fourth-order valence-corrected chi connectivity index (χ4v) is 1.57. The van der Waals surface area contributed by atoms with Crippen LogP contribution >= 0.6 is 0 Å². The highest BCUT2D eigenvalue weighted by Gasteiger charge is 2.22. The summed E-state index contributed by atoms with van der Waals surface area (Å²) in [5, 5.41) is 2.77. The monoisotopic (exact) mass is 188 g/mol. The van der Waals surface area contributed by atoms with Gasteiger partial charge in [-0.05, 0) is 23.6 Å². The van der Waals surface area contributed by atoms with Gasteiger partial charge in [-0.2, -0.15) is 0 Å². The molecule has 3 heteroatoms. The van der Waals surface area contributed by atoms with Crippen LogP contribution in [0.4, 0.5) is 5.69 Å². The number of nitrogens with one attached hydrogen (secondary N) is 1. The summed E-state index contributed by atoms with van der Waals surface area (Å²) in [5.41, 5.74) is 8.57. The van der Waals surface area contributed by atoms with Gasteiger partial charge in [-0.3, -0.25) is 4.79 Å². The third-order valence-corrected chi connectivity index (χ3v) is 2.40. The molecule has 0 saturated carbocycles. The van der Waals surface area contributed by atoms with Crippen molar-refractivity contribution in [2.75, 3.05) is 5.32 Å². The number of hydrogen-bond acceptors (Lipinski definition) is 2. The van der Waals surface area contributed by atoms with Crippen LogP contribution in [0.15, 0.2) is 24.8 Å². The third kappa shape index (κ3) is 1.42. The maximum atomic E-state index is 11.3. The number of benzene rings is 1. The predicted octanol–water partition coefficient (Wildman–Crippen LogP) is 1.15. The average Bonchev–Trinajstić information content (AvgIpc) is 2.19. The molecule has 1 aliphatic heterocycles. The molecule has 0 saturated heterocycles. The maximum absolute atomic E-state index is 11.3. The van der Waals surface area contributed by atoms with Crippen LogP contribution < -0.4 is 11.1 Å². The van der Waals surface area contributed by atoms with Gasteiger partial charge in [0.25, 0.3) is 0 Å². The lowest BCUT2D eigenvalue weighted by molar-refractivity contribution is -0.117. The second-order valence-corrected chi connectivity index (χ2v) is 3.42. The van der Waals surface area contributed by atoms with Gasteiger partial charge in [0.2, 0.25) is 5.91 Å². The quantitative estimate of drug-likeness (QED) is 0.694. The Labute approximate surface area is 82.6 Å². The Morgan fingerprint density at radius 3 is 3.07 bits per heavy atom. The fraction of sp³-hybridized carbons (Fsp3) is 0.182. The Kier molecular flexibility index (Phi) is 2.09. The number of nitrogens with two attached hydrogens (primary N) is 1. The van der Waals surface area contributed by atoms with Crippen LogP contribution in [0.25, 0.3) is 6.08 Å². The van der Waals surface area contributed by atoms with Crippen molar-refractivity contribution in [3.8, 4) is 0 Å². The summed E-state index contributed by atoms with van der Waals surface area (Å²) in [6.45, 7) is 3.68. The first-order valence-electron chi connectivity index (χ1n) is 4.52. The Bertz CT molecular complexity index is 398. The van der Waals surface area contributed by atoms with Crippen LogP contribution in [0.3, 0.4) is 0 Å². The SMILES string of the molecule is C=Cc1ccc2c(c1)NC(=O)C(N)C2. The van der Waals surface area contributed by atoms with E-state index in [-0.39, 0.29) is 5.91 Å². The molecule has 1 aromatic carbocycles. The van der Waals surface area contributed by atoms with Gasteiger partial charge in [-0.25, -0.2) is 0 Å². The molecule has 14 heavy (non-hydrogen) atoms. The molecule has 0 bridgehead atoms. The molecular weight excluding hydrogens is 176 g/mol. The van der Waals surface area contributed by atoms with Gasteiger partial charge in [-0.1, -0.05) is 24.8 Å². The Hall–Kier alpha value is -1.61. The van der Waals surface area contributed by atoms with E-state index >= 15 is 0 Å². The highest BCUT2D eigenvalue weighted by molar-refractivity contribution is 5.98. The summed E-state index contributed by atoms with van der Waals surface area (Å²) in [4.78, 5) is 11.3. The number of carbonyl (C=O) groups excluding carboxylic acids is 1. The van der Waals surface area contributed by atoms with Crippen molar-refractivity contribution in [2.24, 2.45) is 5.73 Å². The van der Waals surface area contributed by atoms with Crippen molar-refractivity contribution in [1.82, 2.24) is 0 Å². The van der Waals surface area contributed by atoms with Crippen LogP contribution in [0.1, 0.15) is 11.1 Å². The molecule has 72 valence electrons. The van der Waals surface area contributed by atoms with E-state index in [4.69, 9.17) is 5.73 Å². The fourth-order valence-electron chi connectivity index (χ4n) is 1.57. The van der Waals surface area contributed by atoms with Gasteiger partial charge < -0.3 is 11.1 Å². The van der Waals surface area contributed by atoms with Gasteiger partial charge in [0.05, 0.1) is 6.04 Å². The van der Waals surface area contributed by atoms with E-state index in [1.54, 1.807) is 6.08 Å². The van der Waals surface area contributed by atoms with Gasteiger partial charge in [0, 0.05) is 5.69 Å². The second kappa shape index (κ2) is 3.27. The molecule has 0 aliphatic carbocycles. The minimum atomic E-state index is -0.419. The highest BCUT2D eigenvalue weighted by atomic mass is 16.2. The van der Waals surface area contributed by atoms with Crippen molar-refractivity contribution in [3.05, 3.63) is 35.9 Å². The van der Waals surface area contributed by atoms with Crippen LogP contribution in [-0.4, -0.2) is 11.9 Å². The van der Waals surface area contributed by atoms with Crippen molar-refractivity contribution in [3.63, 3.8) is 0 Å². The van der Waals surface area contributed by atoms with Gasteiger partial charge in [0.15, 0.2) is 0 Å². The molecule has 1 unspecified atom stereocenters.